The SMILES string of the molecule is C=C1CCC2CC(C3(C)Cc4sc(C)nc4CC3CO)CCC12C. The molecule has 0 saturated heterocycles. The van der Waals surface area contributed by atoms with Gasteiger partial charge in [0, 0.05) is 11.5 Å². The second-order valence-electron chi connectivity index (χ2n) is 9.10. The molecule has 1 heterocycles. The molecule has 0 aromatic carbocycles. The maximum absolute atomic E-state index is 10.1. The quantitative estimate of drug-likeness (QED) is 0.770. The molecular weight excluding hydrogens is 314 g/mol. The molecule has 0 amide bonds. The molecule has 1 N–H and O–H groups in total. The van der Waals surface area contributed by atoms with Gasteiger partial charge in [-0.2, -0.15) is 0 Å². The van der Waals surface area contributed by atoms with Gasteiger partial charge in [0.05, 0.1) is 10.7 Å². The molecule has 2 saturated carbocycles. The van der Waals surface area contributed by atoms with Crippen molar-refractivity contribution in [3.63, 3.8) is 0 Å². The highest BCUT2D eigenvalue weighted by Gasteiger charge is 2.52. The fraction of sp³-hybridized carbons (Fsp3) is 0.762. The summed E-state index contributed by atoms with van der Waals surface area (Å²) in [6.07, 6.45) is 8.57. The number of rotatable bonds is 2. The molecule has 0 aliphatic heterocycles. The van der Waals surface area contributed by atoms with E-state index in [1.807, 2.05) is 11.3 Å². The Morgan fingerprint density at radius 1 is 1.29 bits per heavy atom. The first-order valence-electron chi connectivity index (χ1n) is 9.61. The molecule has 5 unspecified atom stereocenters. The third-order valence-corrected chi connectivity index (χ3v) is 9.05. The number of hydrogen-bond donors (Lipinski definition) is 1. The summed E-state index contributed by atoms with van der Waals surface area (Å²) in [5, 5.41) is 11.3. The summed E-state index contributed by atoms with van der Waals surface area (Å²) >= 11 is 1.88. The summed E-state index contributed by atoms with van der Waals surface area (Å²) in [4.78, 5) is 6.22. The van der Waals surface area contributed by atoms with Gasteiger partial charge in [-0.25, -0.2) is 4.98 Å². The number of aliphatic hydroxyl groups is 1. The van der Waals surface area contributed by atoms with Gasteiger partial charge in [0.15, 0.2) is 0 Å². The van der Waals surface area contributed by atoms with Gasteiger partial charge in [0.25, 0.3) is 0 Å². The molecule has 5 atom stereocenters. The fourth-order valence-electron chi connectivity index (χ4n) is 6.05. The molecule has 0 bridgehead atoms. The number of aromatic nitrogens is 1. The van der Waals surface area contributed by atoms with E-state index in [9.17, 15) is 5.11 Å². The predicted molar refractivity (Wildman–Crippen MR) is 100 cm³/mol. The van der Waals surface area contributed by atoms with E-state index in [-0.39, 0.29) is 5.41 Å². The monoisotopic (exact) mass is 345 g/mol. The summed E-state index contributed by atoms with van der Waals surface area (Å²) in [6, 6.07) is 0. The van der Waals surface area contributed by atoms with Crippen LogP contribution in [-0.2, 0) is 12.8 Å². The van der Waals surface area contributed by atoms with Gasteiger partial charge in [-0.15, -0.1) is 11.3 Å². The first kappa shape index (κ1) is 16.8. The molecule has 1 aromatic heterocycles. The van der Waals surface area contributed by atoms with E-state index in [2.05, 4.69) is 27.4 Å². The lowest BCUT2D eigenvalue weighted by molar-refractivity contribution is -0.0124. The zero-order valence-corrected chi connectivity index (χ0v) is 16.2. The molecule has 132 valence electrons. The van der Waals surface area contributed by atoms with Crippen LogP contribution in [0.15, 0.2) is 12.2 Å². The van der Waals surface area contributed by atoms with Gasteiger partial charge in [0.2, 0.25) is 0 Å². The van der Waals surface area contributed by atoms with Crippen molar-refractivity contribution in [2.45, 2.75) is 65.7 Å². The number of aryl methyl sites for hydroxylation is 1. The first-order chi connectivity index (χ1) is 11.4. The van der Waals surface area contributed by atoms with Crippen LogP contribution in [0.1, 0.15) is 61.5 Å². The Bertz CT molecular complexity index is 665. The summed E-state index contributed by atoms with van der Waals surface area (Å²) in [6.45, 7) is 11.7. The van der Waals surface area contributed by atoms with Gasteiger partial charge < -0.3 is 5.11 Å². The van der Waals surface area contributed by atoms with Gasteiger partial charge in [-0.05, 0) is 80.5 Å². The van der Waals surface area contributed by atoms with Crippen LogP contribution in [0, 0.1) is 35.5 Å². The van der Waals surface area contributed by atoms with Crippen LogP contribution in [0.25, 0.3) is 0 Å². The highest BCUT2D eigenvalue weighted by molar-refractivity contribution is 7.11. The van der Waals surface area contributed by atoms with Crippen LogP contribution in [0.3, 0.4) is 0 Å². The number of allylic oxidation sites excluding steroid dienone is 1. The minimum atomic E-state index is 0.228. The number of hydrogen-bond acceptors (Lipinski definition) is 3. The summed E-state index contributed by atoms with van der Waals surface area (Å²) in [5.41, 5.74) is 3.39. The topological polar surface area (TPSA) is 33.1 Å². The molecule has 2 nitrogen and oxygen atoms in total. The van der Waals surface area contributed by atoms with Crippen molar-refractivity contribution in [2.24, 2.45) is 28.6 Å². The standard InChI is InChI=1S/C21H31NOS/c1-13-5-6-15-9-16(7-8-20(13,15)3)21(4)11-19-18(10-17(21)12-23)22-14(2)24-19/h15-17,23H,1,5-12H2,2-4H3. The second kappa shape index (κ2) is 5.67. The van der Waals surface area contributed by atoms with Crippen molar-refractivity contribution >= 4 is 11.3 Å². The van der Waals surface area contributed by atoms with Crippen molar-refractivity contribution in [2.75, 3.05) is 6.61 Å². The van der Waals surface area contributed by atoms with Crippen molar-refractivity contribution < 1.29 is 5.11 Å². The van der Waals surface area contributed by atoms with E-state index in [1.54, 1.807) is 0 Å². The third-order valence-electron chi connectivity index (χ3n) is 8.04. The van der Waals surface area contributed by atoms with Gasteiger partial charge in [-0.1, -0.05) is 26.0 Å². The Kier molecular flexibility index (Phi) is 3.96. The lowest BCUT2D eigenvalue weighted by atomic mass is 9.54. The molecule has 0 radical (unpaired) electrons. The first-order valence-corrected chi connectivity index (χ1v) is 10.4. The Morgan fingerprint density at radius 2 is 2.08 bits per heavy atom. The van der Waals surface area contributed by atoms with Gasteiger partial charge in [-0.3, -0.25) is 0 Å². The molecule has 3 aliphatic carbocycles. The lowest BCUT2D eigenvalue weighted by Gasteiger charge is -2.51. The molecule has 0 spiro atoms. The minimum absolute atomic E-state index is 0.228. The highest BCUT2D eigenvalue weighted by atomic mass is 32.1. The lowest BCUT2D eigenvalue weighted by Crippen LogP contribution is -2.46. The minimum Gasteiger partial charge on any atom is -0.396 e. The average Bonchev–Trinajstić information content (AvgIpc) is 3.04. The number of thiazole rings is 1. The Hall–Kier alpha value is -0.670. The number of aliphatic hydroxyl groups excluding tert-OH is 1. The van der Waals surface area contributed by atoms with E-state index in [0.717, 1.165) is 24.7 Å². The van der Waals surface area contributed by atoms with E-state index in [0.29, 0.717) is 17.9 Å². The van der Waals surface area contributed by atoms with Crippen LogP contribution in [-0.4, -0.2) is 16.7 Å². The number of nitrogens with zero attached hydrogens (tertiary/aromatic N) is 1. The van der Waals surface area contributed by atoms with Crippen LogP contribution < -0.4 is 0 Å². The van der Waals surface area contributed by atoms with Gasteiger partial charge in [0.1, 0.15) is 0 Å². The summed E-state index contributed by atoms with van der Waals surface area (Å²) < 4.78 is 0. The van der Waals surface area contributed by atoms with E-state index in [1.165, 1.54) is 53.3 Å². The molecule has 24 heavy (non-hydrogen) atoms. The molecule has 1 aromatic rings. The summed E-state index contributed by atoms with van der Waals surface area (Å²) in [7, 11) is 0. The van der Waals surface area contributed by atoms with Crippen molar-refractivity contribution in [3.8, 4) is 0 Å². The fourth-order valence-corrected chi connectivity index (χ4v) is 7.19. The van der Waals surface area contributed by atoms with Crippen molar-refractivity contribution in [3.05, 3.63) is 27.7 Å². The smallest absolute Gasteiger partial charge is 0.0900 e. The summed E-state index contributed by atoms with van der Waals surface area (Å²) in [5.74, 6) is 1.91. The molecule has 4 rings (SSSR count). The molecule has 2 fully saturated rings. The molecular formula is C21H31NOS. The van der Waals surface area contributed by atoms with Crippen molar-refractivity contribution in [1.82, 2.24) is 4.98 Å². The van der Waals surface area contributed by atoms with E-state index in [4.69, 9.17) is 4.98 Å². The van der Waals surface area contributed by atoms with Crippen LogP contribution >= 0.6 is 11.3 Å². The average molecular weight is 346 g/mol. The maximum Gasteiger partial charge on any atom is 0.0900 e. The normalized spacial score (nSPS) is 42.0. The van der Waals surface area contributed by atoms with E-state index < -0.39 is 0 Å². The Balaban J connectivity index is 1.62. The zero-order chi connectivity index (χ0) is 17.1. The van der Waals surface area contributed by atoms with E-state index >= 15 is 0 Å². The molecule has 3 aliphatic rings. The highest BCUT2D eigenvalue weighted by Crippen LogP contribution is 2.60. The largest absolute Gasteiger partial charge is 0.396 e. The molecule has 3 heteroatoms. The maximum atomic E-state index is 10.1. The van der Waals surface area contributed by atoms with Crippen molar-refractivity contribution in [1.29, 1.82) is 0 Å². The number of fused-ring (bicyclic) bond motifs is 2. The second-order valence-corrected chi connectivity index (χ2v) is 10.4. The zero-order valence-electron chi connectivity index (χ0n) is 15.4. The van der Waals surface area contributed by atoms with Crippen LogP contribution in [0.5, 0.6) is 0 Å². The van der Waals surface area contributed by atoms with Crippen LogP contribution in [0.2, 0.25) is 0 Å². The van der Waals surface area contributed by atoms with Crippen LogP contribution in [0.4, 0.5) is 0 Å². The Labute approximate surface area is 150 Å². The predicted octanol–water partition coefficient (Wildman–Crippen LogP) is 4.94. The van der Waals surface area contributed by atoms with Gasteiger partial charge >= 0.3 is 0 Å². The third kappa shape index (κ3) is 2.34. The Morgan fingerprint density at radius 3 is 2.83 bits per heavy atom.